The Balaban J connectivity index is 1.27. The lowest BCUT2D eigenvalue weighted by molar-refractivity contribution is -0.127. The number of hydrogen-bond donors (Lipinski definition) is 2. The lowest BCUT2D eigenvalue weighted by Crippen LogP contribution is -2.63. The molecule has 240 valence electrons. The zero-order valence-electron chi connectivity index (χ0n) is 26.1. The summed E-state index contributed by atoms with van der Waals surface area (Å²) in [6.45, 7) is 6.22. The Kier molecular flexibility index (Phi) is 9.82. The number of imidazole rings is 1. The average molecular weight is 697 g/mol. The molecule has 2 aliphatic carbocycles. The van der Waals surface area contributed by atoms with Crippen LogP contribution in [-0.4, -0.2) is 74.5 Å². The summed E-state index contributed by atoms with van der Waals surface area (Å²) >= 11 is 10.1. The Morgan fingerprint density at radius 3 is 2.67 bits per heavy atom. The van der Waals surface area contributed by atoms with Crippen molar-refractivity contribution in [3.63, 3.8) is 0 Å². The number of benzene rings is 1. The summed E-state index contributed by atoms with van der Waals surface area (Å²) < 4.78 is 3.01. The van der Waals surface area contributed by atoms with Gasteiger partial charge in [0.2, 0.25) is 5.91 Å². The van der Waals surface area contributed by atoms with Gasteiger partial charge in [0.1, 0.15) is 6.04 Å². The van der Waals surface area contributed by atoms with Gasteiger partial charge in [0.05, 0.1) is 18.1 Å². The maximum Gasteiger partial charge on any atom is 0.318 e. The molecule has 1 aromatic carbocycles. The maximum absolute atomic E-state index is 14.0. The number of nitrogens with one attached hydrogen (secondary N) is 2. The van der Waals surface area contributed by atoms with E-state index in [1.54, 1.807) is 17.4 Å². The van der Waals surface area contributed by atoms with Crippen LogP contribution in [0, 0.1) is 0 Å². The molecule has 0 bridgehead atoms. The van der Waals surface area contributed by atoms with Crippen molar-refractivity contribution >= 4 is 39.5 Å². The fourth-order valence-corrected chi connectivity index (χ4v) is 7.72. The minimum absolute atomic E-state index is 0.131. The van der Waals surface area contributed by atoms with E-state index in [4.69, 9.17) is 16.6 Å². The molecule has 0 unspecified atom stereocenters. The molecule has 9 nitrogen and oxygen atoms in total. The van der Waals surface area contributed by atoms with Crippen LogP contribution in [0.1, 0.15) is 80.8 Å². The van der Waals surface area contributed by atoms with Crippen LogP contribution in [-0.2, 0) is 23.2 Å². The number of piperazine rings is 1. The standard InChI is InChI=1S/C34H43BrClN7O2/c1-34(2,42-15-14-37-22-42)12-13-38-32(44)29-21-41(16-17-43(29)33(45)40-27-6-4-3-5-7-27)31-28-11-10-26(36)19-23(28)8-9-24-18-25(35)20-39-30(24)31/h10-11,14-15,18-20,22,27,29,31H,3-9,12-13,16-17,21H2,1-2H3,(H,38,44)(H,40,45)/t29-,31+/m1/s1. The lowest BCUT2D eigenvalue weighted by atomic mass is 9.94. The van der Waals surface area contributed by atoms with Gasteiger partial charge in [0.15, 0.2) is 0 Å². The summed E-state index contributed by atoms with van der Waals surface area (Å²) in [4.78, 5) is 41.0. The van der Waals surface area contributed by atoms with Gasteiger partial charge in [-0.3, -0.25) is 14.7 Å². The fourth-order valence-electron chi connectivity index (χ4n) is 7.15. The quantitative estimate of drug-likeness (QED) is 0.323. The molecule has 1 saturated carbocycles. The molecule has 6 rings (SSSR count). The zero-order chi connectivity index (χ0) is 31.6. The molecule has 2 N–H and O–H groups in total. The van der Waals surface area contributed by atoms with Crippen LogP contribution in [0.3, 0.4) is 0 Å². The molecule has 45 heavy (non-hydrogen) atoms. The van der Waals surface area contributed by atoms with Gasteiger partial charge >= 0.3 is 6.03 Å². The molecule has 3 amide bonds. The van der Waals surface area contributed by atoms with E-state index in [0.29, 0.717) is 31.2 Å². The van der Waals surface area contributed by atoms with Crippen molar-refractivity contribution in [3.05, 3.63) is 81.1 Å². The SMILES string of the molecule is CC(C)(CCNC(=O)[C@H]1CN([C@H]2c3ccc(Cl)cc3CCc3cc(Br)cnc32)CCN1C(=O)NC1CCCCC1)n1ccnc1. The molecule has 3 aliphatic rings. The number of hydrogen-bond acceptors (Lipinski definition) is 5. The number of nitrogens with zero attached hydrogens (tertiary/aromatic N) is 5. The highest BCUT2D eigenvalue weighted by Gasteiger charge is 2.41. The molecule has 3 heterocycles. The molecule has 1 aliphatic heterocycles. The molecule has 2 fully saturated rings. The van der Waals surface area contributed by atoms with Gasteiger partial charge in [0.25, 0.3) is 0 Å². The minimum Gasteiger partial charge on any atom is -0.354 e. The zero-order valence-corrected chi connectivity index (χ0v) is 28.5. The number of rotatable bonds is 7. The second-order valence-corrected chi connectivity index (χ2v) is 14.6. The predicted molar refractivity (Wildman–Crippen MR) is 179 cm³/mol. The Morgan fingerprint density at radius 1 is 1.09 bits per heavy atom. The van der Waals surface area contributed by atoms with Gasteiger partial charge < -0.3 is 20.1 Å². The normalized spacial score (nSPS) is 21.0. The highest BCUT2D eigenvalue weighted by atomic mass is 79.9. The van der Waals surface area contributed by atoms with Crippen LogP contribution in [0.15, 0.2) is 53.7 Å². The third kappa shape index (κ3) is 7.23. The van der Waals surface area contributed by atoms with Crippen LogP contribution < -0.4 is 10.6 Å². The summed E-state index contributed by atoms with van der Waals surface area (Å²) in [6.07, 6.45) is 15.3. The Morgan fingerprint density at radius 2 is 1.89 bits per heavy atom. The van der Waals surface area contributed by atoms with Crippen molar-refractivity contribution in [1.82, 2.24) is 35.0 Å². The van der Waals surface area contributed by atoms with Gasteiger partial charge in [0, 0.05) is 65.8 Å². The van der Waals surface area contributed by atoms with E-state index in [-0.39, 0.29) is 29.6 Å². The molecule has 3 aromatic rings. The van der Waals surface area contributed by atoms with Gasteiger partial charge in [-0.05, 0) is 96.8 Å². The molecular weight excluding hydrogens is 654 g/mol. The number of carbonyl (C=O) groups excluding carboxylic acids is 2. The van der Waals surface area contributed by atoms with E-state index in [1.165, 1.54) is 17.5 Å². The van der Waals surface area contributed by atoms with Crippen molar-refractivity contribution < 1.29 is 9.59 Å². The van der Waals surface area contributed by atoms with E-state index >= 15 is 0 Å². The Bertz CT molecular complexity index is 1450. The second-order valence-electron chi connectivity index (χ2n) is 13.3. The maximum atomic E-state index is 14.0. The van der Waals surface area contributed by atoms with Crippen molar-refractivity contribution in [2.45, 2.75) is 88.9 Å². The van der Waals surface area contributed by atoms with Gasteiger partial charge in [-0.2, -0.15) is 0 Å². The fraction of sp³-hybridized carbons (Fsp3) is 0.529. The Labute approximate surface area is 279 Å². The van der Waals surface area contributed by atoms with Crippen LogP contribution in [0.5, 0.6) is 0 Å². The number of urea groups is 1. The predicted octanol–water partition coefficient (Wildman–Crippen LogP) is 5.85. The highest BCUT2D eigenvalue weighted by Crippen LogP contribution is 2.38. The smallest absolute Gasteiger partial charge is 0.318 e. The third-order valence-electron chi connectivity index (χ3n) is 9.80. The summed E-state index contributed by atoms with van der Waals surface area (Å²) in [5.41, 5.74) is 4.33. The van der Waals surface area contributed by atoms with E-state index in [1.807, 2.05) is 18.5 Å². The summed E-state index contributed by atoms with van der Waals surface area (Å²) in [7, 11) is 0. The van der Waals surface area contributed by atoms with Crippen LogP contribution >= 0.6 is 27.5 Å². The van der Waals surface area contributed by atoms with Crippen molar-refractivity contribution in [2.75, 3.05) is 26.2 Å². The first-order valence-corrected chi connectivity index (χ1v) is 17.4. The Hall–Kier alpha value is -2.95. The summed E-state index contributed by atoms with van der Waals surface area (Å²) in [5, 5.41) is 7.17. The van der Waals surface area contributed by atoms with Crippen molar-refractivity contribution in [1.29, 1.82) is 0 Å². The van der Waals surface area contributed by atoms with Crippen LogP contribution in [0.2, 0.25) is 5.02 Å². The number of fused-ring (bicyclic) bond motifs is 2. The number of aromatic nitrogens is 3. The first kappa shape index (κ1) is 32.0. The van der Waals surface area contributed by atoms with Crippen LogP contribution in [0.25, 0.3) is 0 Å². The van der Waals surface area contributed by atoms with E-state index in [2.05, 4.69) is 73.1 Å². The van der Waals surface area contributed by atoms with E-state index in [0.717, 1.165) is 60.7 Å². The number of amides is 3. The van der Waals surface area contributed by atoms with E-state index in [9.17, 15) is 9.59 Å². The van der Waals surface area contributed by atoms with Gasteiger partial charge in [-0.15, -0.1) is 0 Å². The topological polar surface area (TPSA) is 95.4 Å². The third-order valence-corrected chi connectivity index (χ3v) is 10.5. The number of carbonyl (C=O) groups is 2. The lowest BCUT2D eigenvalue weighted by Gasteiger charge is -2.44. The molecule has 2 aromatic heterocycles. The second kappa shape index (κ2) is 13.8. The van der Waals surface area contributed by atoms with Gasteiger partial charge in [-0.25, -0.2) is 9.78 Å². The minimum atomic E-state index is -0.642. The molecule has 0 radical (unpaired) electrons. The van der Waals surface area contributed by atoms with E-state index < -0.39 is 6.04 Å². The number of pyridine rings is 1. The number of aryl methyl sites for hydroxylation is 2. The van der Waals surface area contributed by atoms with Crippen LogP contribution in [0.4, 0.5) is 4.79 Å². The molecule has 11 heteroatoms. The first-order valence-electron chi connectivity index (χ1n) is 16.2. The first-order chi connectivity index (χ1) is 21.7. The molecule has 0 spiro atoms. The molecular formula is C34H43BrClN7O2. The van der Waals surface area contributed by atoms with Gasteiger partial charge in [-0.1, -0.05) is 36.9 Å². The number of halogens is 2. The summed E-state index contributed by atoms with van der Waals surface area (Å²) in [5.74, 6) is -0.131. The largest absolute Gasteiger partial charge is 0.354 e. The molecule has 1 saturated heterocycles. The van der Waals surface area contributed by atoms with Crippen molar-refractivity contribution in [2.24, 2.45) is 0 Å². The average Bonchev–Trinajstić information content (AvgIpc) is 3.54. The highest BCUT2D eigenvalue weighted by molar-refractivity contribution is 9.10. The van der Waals surface area contributed by atoms with Crippen molar-refractivity contribution in [3.8, 4) is 0 Å². The summed E-state index contributed by atoms with van der Waals surface area (Å²) in [6, 6.07) is 7.49. The monoisotopic (exact) mass is 695 g/mol. The molecule has 2 atom stereocenters.